The van der Waals surface area contributed by atoms with Crippen LogP contribution in [0, 0.1) is 28.6 Å². The molecule has 0 radical (unpaired) electrons. The number of hydrogen-bond acceptors (Lipinski definition) is 4. The SMILES string of the molecule is COC(=O)[C@]1(O)CC[C@@H]2[C@@H]3CC=C4C[C@H](O)CC[C@]4(C)[C@H]3CC[C@]21C. The molecule has 0 aliphatic heterocycles. The molecule has 140 valence electrons. The van der Waals surface area contributed by atoms with E-state index in [4.69, 9.17) is 4.74 Å². The fourth-order valence-electron chi connectivity index (χ4n) is 7.16. The number of carbonyl (C=O) groups is 1. The van der Waals surface area contributed by atoms with Crippen LogP contribution in [0.15, 0.2) is 11.6 Å². The smallest absolute Gasteiger partial charge is 0.338 e. The molecule has 0 heterocycles. The molecule has 2 N–H and O–H groups in total. The first kappa shape index (κ1) is 17.5. The van der Waals surface area contributed by atoms with Gasteiger partial charge in [0, 0.05) is 5.41 Å². The predicted octanol–water partition coefficient (Wildman–Crippen LogP) is 3.21. The van der Waals surface area contributed by atoms with Crippen molar-refractivity contribution in [1.29, 1.82) is 0 Å². The van der Waals surface area contributed by atoms with Gasteiger partial charge in [-0.25, -0.2) is 4.79 Å². The highest BCUT2D eigenvalue weighted by Crippen LogP contribution is 2.67. The van der Waals surface area contributed by atoms with Gasteiger partial charge in [-0.05, 0) is 74.5 Å². The lowest BCUT2D eigenvalue weighted by molar-refractivity contribution is -0.184. The number of allylic oxidation sites excluding steroid dienone is 1. The van der Waals surface area contributed by atoms with Crippen molar-refractivity contribution in [2.24, 2.45) is 28.6 Å². The Morgan fingerprint density at radius 1 is 1.16 bits per heavy atom. The van der Waals surface area contributed by atoms with Crippen molar-refractivity contribution in [3.63, 3.8) is 0 Å². The minimum Gasteiger partial charge on any atom is -0.467 e. The van der Waals surface area contributed by atoms with Crippen LogP contribution in [0.5, 0.6) is 0 Å². The Labute approximate surface area is 150 Å². The van der Waals surface area contributed by atoms with Gasteiger partial charge < -0.3 is 14.9 Å². The topological polar surface area (TPSA) is 66.8 Å². The summed E-state index contributed by atoms with van der Waals surface area (Å²) < 4.78 is 4.98. The molecule has 25 heavy (non-hydrogen) atoms. The van der Waals surface area contributed by atoms with Crippen LogP contribution >= 0.6 is 0 Å². The van der Waals surface area contributed by atoms with Crippen LogP contribution in [0.1, 0.15) is 65.2 Å². The monoisotopic (exact) mass is 348 g/mol. The Balaban J connectivity index is 1.68. The fourth-order valence-corrected chi connectivity index (χ4v) is 7.16. The van der Waals surface area contributed by atoms with E-state index in [9.17, 15) is 15.0 Å². The molecule has 4 heteroatoms. The predicted molar refractivity (Wildman–Crippen MR) is 94.7 cm³/mol. The average Bonchev–Trinajstić information content (AvgIpc) is 2.87. The Kier molecular flexibility index (Phi) is 3.90. The van der Waals surface area contributed by atoms with E-state index >= 15 is 0 Å². The molecule has 3 fully saturated rings. The van der Waals surface area contributed by atoms with Crippen molar-refractivity contribution in [2.75, 3.05) is 7.11 Å². The number of fused-ring (bicyclic) bond motifs is 5. The first-order valence-electron chi connectivity index (χ1n) is 9.94. The molecule has 7 atom stereocenters. The van der Waals surface area contributed by atoms with Crippen LogP contribution in [0.25, 0.3) is 0 Å². The Morgan fingerprint density at radius 2 is 1.88 bits per heavy atom. The summed E-state index contributed by atoms with van der Waals surface area (Å²) in [5.74, 6) is 1.06. The van der Waals surface area contributed by atoms with Gasteiger partial charge in [-0.1, -0.05) is 25.5 Å². The first-order chi connectivity index (χ1) is 11.8. The van der Waals surface area contributed by atoms with Crippen molar-refractivity contribution in [3.05, 3.63) is 11.6 Å². The molecule has 0 bridgehead atoms. The molecule has 4 nitrogen and oxygen atoms in total. The zero-order valence-corrected chi connectivity index (χ0v) is 15.8. The second-order valence-corrected chi connectivity index (χ2v) is 9.50. The largest absolute Gasteiger partial charge is 0.467 e. The number of aliphatic hydroxyl groups is 2. The molecule has 4 rings (SSSR count). The van der Waals surface area contributed by atoms with E-state index in [0.717, 1.165) is 44.9 Å². The quantitative estimate of drug-likeness (QED) is 0.564. The molecule has 0 saturated heterocycles. The van der Waals surface area contributed by atoms with Crippen LogP contribution < -0.4 is 0 Å². The number of rotatable bonds is 1. The van der Waals surface area contributed by atoms with Crippen molar-refractivity contribution in [1.82, 2.24) is 0 Å². The third-order valence-electron chi connectivity index (χ3n) is 8.75. The molecule has 3 saturated carbocycles. The molecule has 4 aliphatic carbocycles. The lowest BCUT2D eigenvalue weighted by atomic mass is 9.47. The van der Waals surface area contributed by atoms with E-state index in [-0.39, 0.29) is 16.9 Å². The van der Waals surface area contributed by atoms with E-state index in [1.807, 2.05) is 0 Å². The van der Waals surface area contributed by atoms with Gasteiger partial charge in [0.25, 0.3) is 0 Å². The first-order valence-corrected chi connectivity index (χ1v) is 9.94. The van der Waals surface area contributed by atoms with E-state index < -0.39 is 11.6 Å². The number of esters is 1. The van der Waals surface area contributed by atoms with Crippen LogP contribution in [0.4, 0.5) is 0 Å². The zero-order valence-electron chi connectivity index (χ0n) is 15.8. The standard InChI is InChI=1S/C21H32O4/c1-19-9-6-14(22)12-13(19)4-5-15-16(19)7-10-20(2)17(15)8-11-21(20,24)18(23)25-3/h4,14-17,22,24H,5-12H2,1-3H3/t14-,15-,16+,17-,19+,20-,21-/m1/s1. The molecule has 0 aromatic heterocycles. The van der Waals surface area contributed by atoms with Crippen LogP contribution in [-0.2, 0) is 9.53 Å². The summed E-state index contributed by atoms with van der Waals surface area (Å²) in [6.45, 7) is 4.51. The number of methoxy groups -OCH3 is 1. The average molecular weight is 348 g/mol. The zero-order chi connectivity index (χ0) is 18.0. The molecular weight excluding hydrogens is 316 g/mol. The van der Waals surface area contributed by atoms with Gasteiger partial charge >= 0.3 is 5.97 Å². The molecule has 0 spiro atoms. The summed E-state index contributed by atoms with van der Waals surface area (Å²) in [5.41, 5.74) is -0.0604. The third-order valence-corrected chi connectivity index (χ3v) is 8.75. The van der Waals surface area contributed by atoms with Crippen molar-refractivity contribution in [3.8, 4) is 0 Å². The van der Waals surface area contributed by atoms with E-state index in [1.54, 1.807) is 0 Å². The molecule has 0 aromatic rings. The van der Waals surface area contributed by atoms with Gasteiger partial charge in [-0.2, -0.15) is 0 Å². The third kappa shape index (κ3) is 2.16. The minimum atomic E-state index is -1.33. The summed E-state index contributed by atoms with van der Waals surface area (Å²) in [7, 11) is 1.38. The summed E-state index contributed by atoms with van der Waals surface area (Å²) in [6.07, 6.45) is 9.38. The second-order valence-electron chi connectivity index (χ2n) is 9.50. The molecule has 4 aliphatic rings. The number of hydrogen-bond donors (Lipinski definition) is 2. The van der Waals surface area contributed by atoms with Crippen molar-refractivity contribution in [2.45, 2.75) is 76.9 Å². The van der Waals surface area contributed by atoms with E-state index in [0.29, 0.717) is 24.2 Å². The lowest BCUT2D eigenvalue weighted by Crippen LogP contribution is -2.57. The van der Waals surface area contributed by atoms with Gasteiger partial charge in [0.15, 0.2) is 5.60 Å². The summed E-state index contributed by atoms with van der Waals surface area (Å²) in [4.78, 5) is 12.4. The Morgan fingerprint density at radius 3 is 2.60 bits per heavy atom. The minimum absolute atomic E-state index is 0.180. The highest BCUT2D eigenvalue weighted by molar-refractivity contribution is 5.81. The maximum atomic E-state index is 12.4. The summed E-state index contributed by atoms with van der Waals surface area (Å²) in [6, 6.07) is 0. The van der Waals surface area contributed by atoms with Crippen LogP contribution in [0.2, 0.25) is 0 Å². The van der Waals surface area contributed by atoms with Gasteiger partial charge in [-0.15, -0.1) is 0 Å². The molecule has 0 unspecified atom stereocenters. The van der Waals surface area contributed by atoms with Crippen LogP contribution in [0.3, 0.4) is 0 Å². The maximum absolute atomic E-state index is 12.4. The number of carbonyl (C=O) groups excluding carboxylic acids is 1. The number of aliphatic hydroxyl groups excluding tert-OH is 1. The molecule has 0 aromatic carbocycles. The molecule has 0 amide bonds. The van der Waals surface area contributed by atoms with E-state index in [2.05, 4.69) is 19.9 Å². The second kappa shape index (κ2) is 5.56. The number of ether oxygens (including phenoxy) is 1. The highest BCUT2D eigenvalue weighted by atomic mass is 16.5. The summed E-state index contributed by atoms with van der Waals surface area (Å²) in [5, 5.41) is 21.3. The maximum Gasteiger partial charge on any atom is 0.338 e. The van der Waals surface area contributed by atoms with Gasteiger partial charge in [0.1, 0.15) is 0 Å². The van der Waals surface area contributed by atoms with Gasteiger partial charge in [0.2, 0.25) is 0 Å². The van der Waals surface area contributed by atoms with Crippen LogP contribution in [-0.4, -0.2) is 35.0 Å². The summed E-state index contributed by atoms with van der Waals surface area (Å²) >= 11 is 0. The van der Waals surface area contributed by atoms with Crippen molar-refractivity contribution < 1.29 is 19.7 Å². The van der Waals surface area contributed by atoms with Crippen molar-refractivity contribution >= 4 is 5.97 Å². The fraction of sp³-hybridized carbons (Fsp3) is 0.857. The lowest BCUT2D eigenvalue weighted by Gasteiger charge is -2.58. The van der Waals surface area contributed by atoms with Gasteiger partial charge in [-0.3, -0.25) is 0 Å². The highest BCUT2D eigenvalue weighted by Gasteiger charge is 2.66. The van der Waals surface area contributed by atoms with E-state index in [1.165, 1.54) is 12.7 Å². The Hall–Kier alpha value is -0.870. The molecular formula is C21H32O4. The normalized spacial score (nSPS) is 51.8. The van der Waals surface area contributed by atoms with Gasteiger partial charge in [0.05, 0.1) is 13.2 Å². The Bertz CT molecular complexity index is 613.